The minimum atomic E-state index is -0.168. The maximum atomic E-state index is 12.5. The van der Waals surface area contributed by atoms with E-state index in [-0.39, 0.29) is 17.9 Å². The summed E-state index contributed by atoms with van der Waals surface area (Å²) in [4.78, 5) is 21.4. The Hall–Kier alpha value is -2.71. The van der Waals surface area contributed by atoms with Crippen LogP contribution in [-0.4, -0.2) is 58.6 Å². The highest BCUT2D eigenvalue weighted by molar-refractivity contribution is 5.80. The van der Waals surface area contributed by atoms with Crippen molar-refractivity contribution >= 4 is 16.9 Å². The lowest BCUT2D eigenvalue weighted by Gasteiger charge is -2.33. The first-order valence-corrected chi connectivity index (χ1v) is 10.5. The fraction of sp³-hybridized carbons (Fsp3) is 0.500. The zero-order valence-corrected chi connectivity index (χ0v) is 17.8. The lowest BCUT2D eigenvalue weighted by atomic mass is 10.2. The van der Waals surface area contributed by atoms with Gasteiger partial charge in [-0.25, -0.2) is 0 Å². The van der Waals surface area contributed by atoms with E-state index in [1.54, 1.807) is 0 Å². The number of piperazine rings is 1. The molecule has 1 aliphatic rings. The molecule has 1 saturated heterocycles. The molecule has 3 aromatic rings. The second-order valence-electron chi connectivity index (χ2n) is 8.23. The molecule has 8 heteroatoms. The maximum absolute atomic E-state index is 12.5. The van der Waals surface area contributed by atoms with E-state index in [4.69, 9.17) is 8.94 Å². The molecule has 2 aromatic heterocycles. The van der Waals surface area contributed by atoms with E-state index in [0.717, 1.165) is 48.7 Å². The second-order valence-corrected chi connectivity index (χ2v) is 8.23. The topological polar surface area (TPSA) is 87.6 Å². The molecule has 1 atom stereocenters. The zero-order chi connectivity index (χ0) is 21.1. The van der Waals surface area contributed by atoms with Gasteiger partial charge in [-0.1, -0.05) is 37.2 Å². The molecule has 1 aromatic carbocycles. The van der Waals surface area contributed by atoms with E-state index in [9.17, 15) is 4.79 Å². The lowest BCUT2D eigenvalue weighted by molar-refractivity contribution is -0.123. The van der Waals surface area contributed by atoms with Crippen LogP contribution in [-0.2, 0) is 11.3 Å². The molecule has 8 nitrogen and oxygen atoms in total. The van der Waals surface area contributed by atoms with Gasteiger partial charge in [0.25, 0.3) is 0 Å². The molecule has 0 saturated carbocycles. The summed E-state index contributed by atoms with van der Waals surface area (Å²) in [6.07, 6.45) is 0. The number of carbonyl (C=O) groups excluding carboxylic acids is 1. The van der Waals surface area contributed by atoms with Gasteiger partial charge in [0.15, 0.2) is 5.82 Å². The molecule has 30 heavy (non-hydrogen) atoms. The molecule has 160 valence electrons. The minimum absolute atomic E-state index is 0.00915. The summed E-state index contributed by atoms with van der Waals surface area (Å²) in [7, 11) is 0. The SMILES string of the molecule is CC(C)c1noc(CN2CCN(CC(=O)NC(C)c3cc4ccccc4o3)CC2)n1. The Morgan fingerprint density at radius 1 is 1.13 bits per heavy atom. The fourth-order valence-electron chi connectivity index (χ4n) is 3.64. The average molecular weight is 412 g/mol. The van der Waals surface area contributed by atoms with Crippen LogP contribution in [0.2, 0.25) is 0 Å². The molecule has 3 heterocycles. The largest absolute Gasteiger partial charge is 0.459 e. The number of aromatic nitrogens is 2. The van der Waals surface area contributed by atoms with Gasteiger partial charge in [-0.2, -0.15) is 4.98 Å². The van der Waals surface area contributed by atoms with E-state index >= 15 is 0 Å². The number of nitrogens with zero attached hydrogens (tertiary/aromatic N) is 4. The Kier molecular flexibility index (Phi) is 6.15. The number of hydrogen-bond donors (Lipinski definition) is 1. The first-order chi connectivity index (χ1) is 14.5. The molecule has 1 unspecified atom stereocenters. The third-order valence-electron chi connectivity index (χ3n) is 5.44. The lowest BCUT2D eigenvalue weighted by Crippen LogP contribution is -2.49. The monoisotopic (exact) mass is 411 g/mol. The Morgan fingerprint density at radius 3 is 2.57 bits per heavy atom. The number of nitrogens with one attached hydrogen (secondary N) is 1. The summed E-state index contributed by atoms with van der Waals surface area (Å²) in [6, 6.07) is 9.69. The number of para-hydroxylation sites is 1. The van der Waals surface area contributed by atoms with Crippen molar-refractivity contribution in [3.63, 3.8) is 0 Å². The molecular weight excluding hydrogens is 382 g/mol. The van der Waals surface area contributed by atoms with Crippen LogP contribution in [0.1, 0.15) is 50.2 Å². The normalized spacial score (nSPS) is 16.9. The van der Waals surface area contributed by atoms with E-state index in [1.807, 2.05) is 51.1 Å². The van der Waals surface area contributed by atoms with Crippen LogP contribution in [0.4, 0.5) is 0 Å². The molecule has 4 rings (SSSR count). The van der Waals surface area contributed by atoms with Crippen molar-refractivity contribution in [1.82, 2.24) is 25.3 Å². The maximum Gasteiger partial charge on any atom is 0.240 e. The third-order valence-corrected chi connectivity index (χ3v) is 5.44. The molecule has 0 aliphatic carbocycles. The van der Waals surface area contributed by atoms with Gasteiger partial charge in [0.2, 0.25) is 11.8 Å². The van der Waals surface area contributed by atoms with Gasteiger partial charge in [0.1, 0.15) is 11.3 Å². The summed E-state index contributed by atoms with van der Waals surface area (Å²) < 4.78 is 11.2. The van der Waals surface area contributed by atoms with Gasteiger partial charge in [-0.15, -0.1) is 0 Å². The van der Waals surface area contributed by atoms with Crippen LogP contribution < -0.4 is 5.32 Å². The first kappa shape index (κ1) is 20.6. The van der Waals surface area contributed by atoms with Crippen LogP contribution in [0, 0.1) is 0 Å². The van der Waals surface area contributed by atoms with Gasteiger partial charge in [-0.3, -0.25) is 14.6 Å². The molecule has 0 radical (unpaired) electrons. The van der Waals surface area contributed by atoms with Gasteiger partial charge >= 0.3 is 0 Å². The van der Waals surface area contributed by atoms with Gasteiger partial charge in [0, 0.05) is 37.5 Å². The molecule has 1 aliphatic heterocycles. The van der Waals surface area contributed by atoms with E-state index in [0.29, 0.717) is 19.0 Å². The molecule has 1 amide bonds. The molecule has 0 bridgehead atoms. The van der Waals surface area contributed by atoms with Crippen molar-refractivity contribution in [2.24, 2.45) is 0 Å². The number of fused-ring (bicyclic) bond motifs is 1. The molecular formula is C22H29N5O3. The highest BCUT2D eigenvalue weighted by atomic mass is 16.5. The number of carbonyl (C=O) groups is 1. The Balaban J connectivity index is 1.22. The predicted octanol–water partition coefficient (Wildman–Crippen LogP) is 2.93. The predicted molar refractivity (Wildman–Crippen MR) is 113 cm³/mol. The summed E-state index contributed by atoms with van der Waals surface area (Å²) in [5.74, 6) is 2.45. The van der Waals surface area contributed by atoms with Crippen molar-refractivity contribution in [3.8, 4) is 0 Å². The van der Waals surface area contributed by atoms with Crippen molar-refractivity contribution in [2.45, 2.75) is 39.3 Å². The van der Waals surface area contributed by atoms with Crippen LogP contribution in [0.25, 0.3) is 11.0 Å². The summed E-state index contributed by atoms with van der Waals surface area (Å²) in [6.45, 7) is 10.5. The second kappa shape index (κ2) is 8.97. The van der Waals surface area contributed by atoms with Gasteiger partial charge in [-0.05, 0) is 19.1 Å². The summed E-state index contributed by atoms with van der Waals surface area (Å²) in [5.41, 5.74) is 0.839. The summed E-state index contributed by atoms with van der Waals surface area (Å²) >= 11 is 0. The third kappa shape index (κ3) is 4.88. The minimum Gasteiger partial charge on any atom is -0.459 e. The van der Waals surface area contributed by atoms with Gasteiger partial charge < -0.3 is 14.3 Å². The highest BCUT2D eigenvalue weighted by Crippen LogP contribution is 2.23. The van der Waals surface area contributed by atoms with Crippen molar-refractivity contribution in [3.05, 3.63) is 47.8 Å². The van der Waals surface area contributed by atoms with E-state index < -0.39 is 0 Å². The van der Waals surface area contributed by atoms with Crippen molar-refractivity contribution in [1.29, 1.82) is 0 Å². The molecule has 1 N–H and O–H groups in total. The number of furan rings is 1. The molecule has 0 spiro atoms. The standard InChI is InChI=1S/C22H29N5O3/c1-15(2)22-24-21(30-25-22)14-27-10-8-26(9-11-27)13-20(28)23-16(3)19-12-17-6-4-5-7-18(17)29-19/h4-7,12,15-16H,8-11,13-14H2,1-3H3,(H,23,28). The quantitative estimate of drug-likeness (QED) is 0.639. The van der Waals surface area contributed by atoms with Crippen LogP contribution in [0.5, 0.6) is 0 Å². The van der Waals surface area contributed by atoms with Crippen molar-refractivity contribution in [2.75, 3.05) is 32.7 Å². The van der Waals surface area contributed by atoms with E-state index in [1.165, 1.54) is 0 Å². The Morgan fingerprint density at radius 2 is 1.87 bits per heavy atom. The Bertz CT molecular complexity index is 954. The Labute approximate surface area is 176 Å². The highest BCUT2D eigenvalue weighted by Gasteiger charge is 2.22. The van der Waals surface area contributed by atoms with E-state index in [2.05, 4.69) is 25.3 Å². The van der Waals surface area contributed by atoms with Crippen LogP contribution >= 0.6 is 0 Å². The smallest absolute Gasteiger partial charge is 0.240 e. The van der Waals surface area contributed by atoms with Gasteiger partial charge in [0.05, 0.1) is 19.1 Å². The first-order valence-electron chi connectivity index (χ1n) is 10.5. The van der Waals surface area contributed by atoms with Crippen LogP contribution in [0.15, 0.2) is 39.3 Å². The number of hydrogen-bond acceptors (Lipinski definition) is 7. The zero-order valence-electron chi connectivity index (χ0n) is 17.8. The number of benzene rings is 1. The number of amides is 1. The van der Waals surface area contributed by atoms with Crippen LogP contribution in [0.3, 0.4) is 0 Å². The number of rotatable bonds is 7. The summed E-state index contributed by atoms with van der Waals surface area (Å²) in [5, 5.41) is 8.11. The van der Waals surface area contributed by atoms with Crippen molar-refractivity contribution < 1.29 is 13.7 Å². The fourth-order valence-corrected chi connectivity index (χ4v) is 3.64. The average Bonchev–Trinajstić information content (AvgIpc) is 3.36. The molecule has 1 fully saturated rings.